The van der Waals surface area contributed by atoms with E-state index in [0.717, 1.165) is 0 Å². The molecule has 2 aromatic carbocycles. The highest BCUT2D eigenvalue weighted by atomic mass is 35.5. The zero-order chi connectivity index (χ0) is 17.1. The average molecular weight is 366 g/mol. The number of rotatable bonds is 4. The molecule has 0 bridgehead atoms. The van der Waals surface area contributed by atoms with Crippen LogP contribution in [0.3, 0.4) is 0 Å². The Hall–Kier alpha value is -2.40. The normalized spacial score (nSPS) is 13.3. The van der Waals surface area contributed by atoms with Gasteiger partial charge in [-0.3, -0.25) is 0 Å². The summed E-state index contributed by atoms with van der Waals surface area (Å²) in [4.78, 5) is 2.72. The van der Waals surface area contributed by atoms with Gasteiger partial charge in [-0.2, -0.15) is 0 Å². The van der Waals surface area contributed by atoms with E-state index in [1.54, 1.807) is 24.3 Å². The van der Waals surface area contributed by atoms with Gasteiger partial charge in [-0.25, -0.2) is 4.39 Å². The van der Waals surface area contributed by atoms with Gasteiger partial charge in [0.05, 0.1) is 12.1 Å². The molecule has 1 heterocycles. The molecule has 0 radical (unpaired) electrons. The SMILES string of the molecule is [N-]=[N+]=NCc1cc(-c2c(Cl)cccc2Cl)cc(F)c1C1OC=CO1. The second kappa shape index (κ2) is 7.01. The minimum atomic E-state index is -0.926. The number of hydrogen-bond acceptors (Lipinski definition) is 3. The van der Waals surface area contributed by atoms with E-state index in [4.69, 9.17) is 38.2 Å². The zero-order valence-corrected chi connectivity index (χ0v) is 13.6. The van der Waals surface area contributed by atoms with Gasteiger partial charge in [0, 0.05) is 20.5 Å². The number of nitrogens with zero attached hydrogens (tertiary/aromatic N) is 3. The summed E-state index contributed by atoms with van der Waals surface area (Å²) in [5, 5.41) is 4.29. The lowest BCUT2D eigenvalue weighted by atomic mass is 9.98. The van der Waals surface area contributed by atoms with Crippen molar-refractivity contribution in [2.45, 2.75) is 12.8 Å². The van der Waals surface area contributed by atoms with Crippen molar-refractivity contribution in [1.82, 2.24) is 0 Å². The van der Waals surface area contributed by atoms with Crippen LogP contribution in [0.25, 0.3) is 21.6 Å². The molecule has 0 amide bonds. The number of azide groups is 1. The highest BCUT2D eigenvalue weighted by Gasteiger charge is 2.25. The lowest BCUT2D eigenvalue weighted by Crippen LogP contribution is -2.06. The van der Waals surface area contributed by atoms with Crippen LogP contribution in [-0.2, 0) is 16.0 Å². The van der Waals surface area contributed by atoms with Crippen LogP contribution in [0.2, 0.25) is 10.0 Å². The Bertz CT molecular complexity index is 838. The number of halogens is 3. The van der Waals surface area contributed by atoms with Crippen LogP contribution in [0.5, 0.6) is 0 Å². The number of benzene rings is 2. The van der Waals surface area contributed by atoms with E-state index >= 15 is 0 Å². The van der Waals surface area contributed by atoms with Gasteiger partial charge in [0.1, 0.15) is 18.3 Å². The van der Waals surface area contributed by atoms with E-state index < -0.39 is 12.1 Å². The third kappa shape index (κ3) is 3.12. The topological polar surface area (TPSA) is 67.2 Å². The maximum atomic E-state index is 14.7. The molecule has 0 fully saturated rings. The number of hydrogen-bond donors (Lipinski definition) is 0. The Morgan fingerprint density at radius 2 is 1.83 bits per heavy atom. The van der Waals surface area contributed by atoms with Crippen molar-refractivity contribution in [1.29, 1.82) is 0 Å². The van der Waals surface area contributed by atoms with E-state index in [-0.39, 0.29) is 12.1 Å². The number of ether oxygens (including phenoxy) is 2. The van der Waals surface area contributed by atoms with Gasteiger partial charge < -0.3 is 9.47 Å². The molecule has 0 saturated heterocycles. The summed E-state index contributed by atoms with van der Waals surface area (Å²) >= 11 is 12.4. The molecule has 0 atom stereocenters. The van der Waals surface area contributed by atoms with Crippen LogP contribution in [0.1, 0.15) is 17.4 Å². The molecular formula is C16H10Cl2FN3O2. The minimum absolute atomic E-state index is 0.0676. The second-order valence-corrected chi connectivity index (χ2v) is 5.71. The van der Waals surface area contributed by atoms with Gasteiger partial charge in [0.25, 0.3) is 6.29 Å². The van der Waals surface area contributed by atoms with Gasteiger partial charge in [-0.05, 0) is 34.9 Å². The van der Waals surface area contributed by atoms with E-state index in [9.17, 15) is 4.39 Å². The van der Waals surface area contributed by atoms with Crippen molar-refractivity contribution in [3.8, 4) is 11.1 Å². The van der Waals surface area contributed by atoms with Crippen LogP contribution in [0.4, 0.5) is 4.39 Å². The third-order valence-electron chi connectivity index (χ3n) is 3.47. The van der Waals surface area contributed by atoms with Gasteiger partial charge in [-0.1, -0.05) is 40.4 Å². The van der Waals surface area contributed by atoms with Gasteiger partial charge >= 0.3 is 0 Å². The lowest BCUT2D eigenvalue weighted by molar-refractivity contribution is -0.0277. The van der Waals surface area contributed by atoms with E-state index in [1.165, 1.54) is 18.6 Å². The zero-order valence-electron chi connectivity index (χ0n) is 12.1. The van der Waals surface area contributed by atoms with Gasteiger partial charge in [-0.15, -0.1) is 0 Å². The van der Waals surface area contributed by atoms with Crippen LogP contribution in [0, 0.1) is 5.82 Å². The predicted octanol–water partition coefficient (Wildman–Crippen LogP) is 6.13. The Labute approximate surface area is 146 Å². The van der Waals surface area contributed by atoms with Crippen molar-refractivity contribution in [2.75, 3.05) is 0 Å². The summed E-state index contributed by atoms with van der Waals surface area (Å²) in [5.41, 5.74) is 10.1. The summed E-state index contributed by atoms with van der Waals surface area (Å²) in [6.45, 7) is -0.0676. The first-order chi connectivity index (χ1) is 11.6. The molecule has 24 heavy (non-hydrogen) atoms. The molecule has 1 aliphatic heterocycles. The van der Waals surface area contributed by atoms with Crippen molar-refractivity contribution >= 4 is 23.2 Å². The first kappa shape index (κ1) is 16.5. The monoisotopic (exact) mass is 365 g/mol. The molecule has 8 heteroatoms. The summed E-state index contributed by atoms with van der Waals surface area (Å²) in [7, 11) is 0. The van der Waals surface area contributed by atoms with Gasteiger partial charge in [0.15, 0.2) is 0 Å². The molecule has 0 spiro atoms. The van der Waals surface area contributed by atoms with Crippen molar-refractivity contribution < 1.29 is 13.9 Å². The third-order valence-corrected chi connectivity index (χ3v) is 4.10. The lowest BCUT2D eigenvalue weighted by Gasteiger charge is -2.17. The van der Waals surface area contributed by atoms with E-state index in [1.807, 2.05) is 0 Å². The minimum Gasteiger partial charge on any atom is -0.455 e. The quantitative estimate of drug-likeness (QED) is 0.371. The maximum Gasteiger partial charge on any atom is 0.269 e. The summed E-state index contributed by atoms with van der Waals surface area (Å²) in [6, 6.07) is 7.98. The molecule has 0 aromatic heterocycles. The van der Waals surface area contributed by atoms with E-state index in [2.05, 4.69) is 10.0 Å². The molecule has 1 aliphatic rings. The molecule has 0 N–H and O–H groups in total. The molecule has 0 unspecified atom stereocenters. The maximum absolute atomic E-state index is 14.7. The van der Waals surface area contributed by atoms with Crippen LogP contribution in [0.15, 0.2) is 48.0 Å². The summed E-state index contributed by atoms with van der Waals surface area (Å²) in [5.74, 6) is -0.569. The smallest absolute Gasteiger partial charge is 0.269 e. The fourth-order valence-corrected chi connectivity index (χ4v) is 3.09. The first-order valence-electron chi connectivity index (χ1n) is 6.85. The Balaban J connectivity index is 2.16. The molecular weight excluding hydrogens is 356 g/mol. The second-order valence-electron chi connectivity index (χ2n) is 4.89. The molecule has 2 aromatic rings. The molecule has 0 saturated carbocycles. The molecule has 5 nitrogen and oxygen atoms in total. The van der Waals surface area contributed by atoms with Crippen molar-refractivity contribution in [3.63, 3.8) is 0 Å². The fourth-order valence-electron chi connectivity index (χ4n) is 2.47. The van der Waals surface area contributed by atoms with Crippen LogP contribution < -0.4 is 0 Å². The van der Waals surface area contributed by atoms with Crippen molar-refractivity contribution in [2.24, 2.45) is 5.11 Å². The molecule has 3 rings (SSSR count). The molecule has 122 valence electrons. The predicted molar refractivity (Wildman–Crippen MR) is 88.8 cm³/mol. The first-order valence-corrected chi connectivity index (χ1v) is 7.61. The average Bonchev–Trinajstić information content (AvgIpc) is 3.06. The highest BCUT2D eigenvalue weighted by molar-refractivity contribution is 6.39. The Kier molecular flexibility index (Phi) is 4.81. The van der Waals surface area contributed by atoms with Gasteiger partial charge in [0.2, 0.25) is 0 Å². The highest BCUT2D eigenvalue weighted by Crippen LogP contribution is 2.38. The van der Waals surface area contributed by atoms with E-state index in [0.29, 0.717) is 26.7 Å². The van der Waals surface area contributed by atoms with Crippen molar-refractivity contribution in [3.05, 3.63) is 80.3 Å². The Morgan fingerprint density at radius 1 is 1.17 bits per heavy atom. The largest absolute Gasteiger partial charge is 0.455 e. The van der Waals surface area contributed by atoms with Crippen LogP contribution >= 0.6 is 23.2 Å². The Morgan fingerprint density at radius 3 is 2.46 bits per heavy atom. The summed E-state index contributed by atoms with van der Waals surface area (Å²) < 4.78 is 25.1. The van der Waals surface area contributed by atoms with Crippen LogP contribution in [-0.4, -0.2) is 0 Å². The fraction of sp³-hybridized carbons (Fsp3) is 0.125. The summed E-state index contributed by atoms with van der Waals surface area (Å²) in [6.07, 6.45) is 1.71. The molecule has 0 aliphatic carbocycles. The standard InChI is InChI=1S/C16H10Cl2FN3O2/c17-11-2-1-3-12(18)14(11)9-6-10(8-21-22-20)15(13(19)7-9)16-23-4-5-24-16/h1-7,16H,8H2.